The summed E-state index contributed by atoms with van der Waals surface area (Å²) in [5.74, 6) is 0.731. The molecule has 3 nitrogen and oxygen atoms in total. The number of hydrogen-bond acceptors (Lipinski definition) is 3. The highest BCUT2D eigenvalue weighted by Crippen LogP contribution is 2.38. The van der Waals surface area contributed by atoms with Gasteiger partial charge in [0.2, 0.25) is 0 Å². The number of benzene rings is 2. The van der Waals surface area contributed by atoms with Crippen LogP contribution in [-0.4, -0.2) is 19.5 Å². The second kappa shape index (κ2) is 10.6. The van der Waals surface area contributed by atoms with Crippen LogP contribution in [0.4, 0.5) is 0 Å². The second-order valence-corrected chi connectivity index (χ2v) is 8.18. The molecule has 0 spiro atoms. The number of nitriles is 1. The number of ether oxygens (including phenoxy) is 1. The molecule has 0 atom stereocenters. The van der Waals surface area contributed by atoms with Crippen LogP contribution >= 0.6 is 23.2 Å². The van der Waals surface area contributed by atoms with Crippen LogP contribution in [0.15, 0.2) is 42.6 Å². The molecular formula is C24H28Cl2N2O. The summed E-state index contributed by atoms with van der Waals surface area (Å²) in [6.07, 6.45) is 4.17. The largest absolute Gasteiger partial charge is 0.489 e. The molecule has 0 radical (unpaired) electrons. The Labute approximate surface area is 184 Å². The van der Waals surface area contributed by atoms with E-state index in [4.69, 9.17) is 27.9 Å². The molecule has 2 aromatic carbocycles. The number of alkyl halides is 1. The molecule has 0 saturated carbocycles. The Morgan fingerprint density at radius 2 is 1.90 bits per heavy atom. The van der Waals surface area contributed by atoms with Crippen molar-refractivity contribution >= 4 is 28.8 Å². The number of halogens is 2. The predicted molar refractivity (Wildman–Crippen MR) is 123 cm³/mol. The van der Waals surface area contributed by atoms with Crippen molar-refractivity contribution in [3.8, 4) is 11.8 Å². The van der Waals surface area contributed by atoms with E-state index in [9.17, 15) is 5.26 Å². The van der Waals surface area contributed by atoms with Gasteiger partial charge < -0.3 is 10.1 Å². The molecule has 2 aromatic rings. The van der Waals surface area contributed by atoms with Crippen molar-refractivity contribution in [1.82, 2.24) is 5.32 Å². The molecule has 154 valence electrons. The lowest BCUT2D eigenvalue weighted by Crippen LogP contribution is -2.19. The molecule has 0 fully saturated rings. The molecule has 1 N–H and O–H groups in total. The molecule has 2 rings (SSSR count). The summed E-state index contributed by atoms with van der Waals surface area (Å²) in [5, 5.41) is 13.1. The molecule has 29 heavy (non-hydrogen) atoms. The van der Waals surface area contributed by atoms with Crippen molar-refractivity contribution < 1.29 is 4.74 Å². The van der Waals surface area contributed by atoms with Gasteiger partial charge in [0.05, 0.1) is 16.5 Å². The van der Waals surface area contributed by atoms with Gasteiger partial charge in [-0.2, -0.15) is 5.26 Å². The fraction of sp³-hybridized carbons (Fsp3) is 0.375. The highest BCUT2D eigenvalue weighted by atomic mass is 35.5. The zero-order chi connectivity index (χ0) is 21.4. The van der Waals surface area contributed by atoms with Crippen LogP contribution in [0.5, 0.6) is 5.75 Å². The average molecular weight is 431 g/mol. The summed E-state index contributed by atoms with van der Waals surface area (Å²) in [6.45, 7) is 6.74. The smallest absolute Gasteiger partial charge is 0.155 e. The first-order valence-electron chi connectivity index (χ1n) is 9.79. The molecule has 0 heterocycles. The maximum absolute atomic E-state index is 9.57. The van der Waals surface area contributed by atoms with Crippen molar-refractivity contribution in [2.45, 2.75) is 39.0 Å². The Balaban J connectivity index is 2.41. The number of rotatable bonds is 9. The fourth-order valence-corrected chi connectivity index (χ4v) is 3.69. The van der Waals surface area contributed by atoms with Gasteiger partial charge in [-0.05, 0) is 47.0 Å². The molecule has 0 aromatic heterocycles. The van der Waals surface area contributed by atoms with Gasteiger partial charge in [0.25, 0.3) is 0 Å². The Morgan fingerprint density at radius 1 is 1.21 bits per heavy atom. The molecule has 0 aliphatic carbocycles. The summed E-state index contributed by atoms with van der Waals surface area (Å²) < 4.78 is 5.57. The van der Waals surface area contributed by atoms with Crippen molar-refractivity contribution in [3.63, 3.8) is 0 Å². The van der Waals surface area contributed by atoms with E-state index < -0.39 is 0 Å². The van der Waals surface area contributed by atoms with Gasteiger partial charge in [0, 0.05) is 12.5 Å². The van der Waals surface area contributed by atoms with E-state index in [0.29, 0.717) is 28.8 Å². The summed E-state index contributed by atoms with van der Waals surface area (Å²) in [6, 6.07) is 14.5. The molecule has 0 bridgehead atoms. The summed E-state index contributed by atoms with van der Waals surface area (Å²) in [4.78, 5) is 0. The van der Waals surface area contributed by atoms with Gasteiger partial charge in [-0.1, -0.05) is 63.1 Å². The standard InChI is InChI=1S/C24H28Cl2N2O/c1-5-6-18(16-28-4)17-7-9-20(10-8-17)24(2,3)21-13-19(15-27)23(22(26)14-21)29-12-11-25/h7-10,13-14,16,28H,5-6,11-12H2,1-4H3/b18-16+. The van der Waals surface area contributed by atoms with Crippen LogP contribution in [-0.2, 0) is 5.41 Å². The Bertz CT molecular complexity index is 896. The van der Waals surface area contributed by atoms with Gasteiger partial charge in [0.1, 0.15) is 12.7 Å². The van der Waals surface area contributed by atoms with Crippen LogP contribution in [0.25, 0.3) is 5.57 Å². The van der Waals surface area contributed by atoms with E-state index in [0.717, 1.165) is 24.0 Å². The minimum absolute atomic E-state index is 0.306. The Hall–Kier alpha value is -2.15. The molecule has 5 heteroatoms. The van der Waals surface area contributed by atoms with Gasteiger partial charge >= 0.3 is 0 Å². The molecule has 0 aliphatic heterocycles. The summed E-state index contributed by atoms with van der Waals surface area (Å²) >= 11 is 12.1. The van der Waals surface area contributed by atoms with Crippen LogP contribution in [0.2, 0.25) is 5.02 Å². The first kappa shape index (κ1) is 23.1. The average Bonchev–Trinajstić information content (AvgIpc) is 2.72. The Kier molecular flexibility index (Phi) is 8.44. The zero-order valence-electron chi connectivity index (χ0n) is 17.5. The van der Waals surface area contributed by atoms with E-state index in [1.165, 1.54) is 11.1 Å². The lowest BCUT2D eigenvalue weighted by molar-refractivity contribution is 0.341. The van der Waals surface area contributed by atoms with Crippen molar-refractivity contribution in [2.75, 3.05) is 19.5 Å². The van der Waals surface area contributed by atoms with Crippen LogP contribution in [0, 0.1) is 11.3 Å². The number of hydrogen-bond donors (Lipinski definition) is 1. The van der Waals surface area contributed by atoms with E-state index in [1.54, 1.807) is 0 Å². The Morgan fingerprint density at radius 3 is 2.45 bits per heavy atom. The van der Waals surface area contributed by atoms with Gasteiger partial charge in [0.15, 0.2) is 5.75 Å². The monoisotopic (exact) mass is 430 g/mol. The zero-order valence-corrected chi connectivity index (χ0v) is 19.0. The van der Waals surface area contributed by atoms with E-state index in [1.807, 2.05) is 19.2 Å². The maximum atomic E-state index is 9.57. The number of nitrogens with zero attached hydrogens (tertiary/aromatic N) is 1. The molecular weight excluding hydrogens is 403 g/mol. The van der Waals surface area contributed by atoms with Gasteiger partial charge in [-0.15, -0.1) is 11.6 Å². The first-order valence-corrected chi connectivity index (χ1v) is 10.7. The first-order chi connectivity index (χ1) is 13.9. The third-order valence-electron chi connectivity index (χ3n) is 5.02. The van der Waals surface area contributed by atoms with Crippen molar-refractivity contribution in [2.24, 2.45) is 0 Å². The highest BCUT2D eigenvalue weighted by molar-refractivity contribution is 6.32. The molecule has 0 amide bonds. The van der Waals surface area contributed by atoms with Crippen LogP contribution < -0.4 is 10.1 Å². The summed E-state index contributed by atoms with van der Waals surface area (Å²) in [5.41, 5.74) is 4.71. The lowest BCUT2D eigenvalue weighted by Gasteiger charge is -2.27. The number of nitrogens with one attached hydrogen (secondary N) is 1. The lowest BCUT2D eigenvalue weighted by atomic mass is 9.77. The van der Waals surface area contributed by atoms with E-state index in [-0.39, 0.29) is 5.41 Å². The topological polar surface area (TPSA) is 45.0 Å². The van der Waals surface area contributed by atoms with Crippen molar-refractivity contribution in [1.29, 1.82) is 5.26 Å². The fourth-order valence-electron chi connectivity index (χ4n) is 3.34. The minimum atomic E-state index is -0.323. The third-order valence-corrected chi connectivity index (χ3v) is 5.46. The van der Waals surface area contributed by atoms with Gasteiger partial charge in [-0.3, -0.25) is 0 Å². The predicted octanol–water partition coefficient (Wildman–Crippen LogP) is 6.52. The third kappa shape index (κ3) is 5.47. The maximum Gasteiger partial charge on any atom is 0.155 e. The molecule has 0 saturated heterocycles. The van der Waals surface area contributed by atoms with E-state index >= 15 is 0 Å². The summed E-state index contributed by atoms with van der Waals surface area (Å²) in [7, 11) is 1.92. The van der Waals surface area contributed by atoms with E-state index in [2.05, 4.69) is 62.6 Å². The SMILES string of the molecule is CCC/C(=C\NC)c1ccc(C(C)(C)c2cc(Cl)c(OCCCl)c(C#N)c2)cc1. The molecule has 0 unspecified atom stereocenters. The quantitative estimate of drug-likeness (QED) is 0.460. The van der Waals surface area contributed by atoms with Crippen LogP contribution in [0.1, 0.15) is 55.9 Å². The van der Waals surface area contributed by atoms with Crippen molar-refractivity contribution in [3.05, 3.63) is 69.9 Å². The van der Waals surface area contributed by atoms with Crippen LogP contribution in [0.3, 0.4) is 0 Å². The molecule has 0 aliphatic rings. The second-order valence-electron chi connectivity index (χ2n) is 7.39. The highest BCUT2D eigenvalue weighted by Gasteiger charge is 2.26. The normalized spacial score (nSPS) is 11.8. The number of allylic oxidation sites excluding steroid dienone is 1. The minimum Gasteiger partial charge on any atom is -0.489 e. The van der Waals surface area contributed by atoms with Gasteiger partial charge in [-0.25, -0.2) is 0 Å².